The van der Waals surface area contributed by atoms with Gasteiger partial charge in [-0.1, -0.05) is 11.2 Å². The SMILES string of the molecule is C=C[C@@H]1C2=CCOC(=O)C2=CO[C@H]1O[C@@H]1O[C@H](CO)C(N=[N+]=[N-])[C@H](O)[C@H]1O. The minimum absolute atomic E-state index is 0.101. The molecule has 0 spiro atoms. The van der Waals surface area contributed by atoms with E-state index in [1.54, 1.807) is 6.08 Å². The van der Waals surface area contributed by atoms with Crippen LogP contribution < -0.4 is 0 Å². The van der Waals surface area contributed by atoms with Gasteiger partial charge in [0.2, 0.25) is 6.29 Å². The monoisotopic (exact) mass is 381 g/mol. The second-order valence-electron chi connectivity index (χ2n) is 6.09. The molecule has 11 nitrogen and oxygen atoms in total. The molecule has 0 aromatic carbocycles. The second kappa shape index (κ2) is 8.09. The van der Waals surface area contributed by atoms with Gasteiger partial charge in [0, 0.05) is 4.91 Å². The van der Waals surface area contributed by atoms with E-state index >= 15 is 0 Å². The number of cyclic esters (lactones) is 1. The summed E-state index contributed by atoms with van der Waals surface area (Å²) in [5.74, 6) is -1.09. The maximum atomic E-state index is 11.8. The summed E-state index contributed by atoms with van der Waals surface area (Å²) in [5, 5.41) is 33.2. The van der Waals surface area contributed by atoms with E-state index in [1.807, 2.05) is 0 Å². The molecule has 27 heavy (non-hydrogen) atoms. The van der Waals surface area contributed by atoms with Crippen LogP contribution in [0.15, 0.2) is 41.3 Å². The fourth-order valence-corrected chi connectivity index (χ4v) is 3.18. The summed E-state index contributed by atoms with van der Waals surface area (Å²) >= 11 is 0. The van der Waals surface area contributed by atoms with Crippen molar-refractivity contribution in [1.29, 1.82) is 0 Å². The van der Waals surface area contributed by atoms with E-state index in [4.69, 9.17) is 24.5 Å². The zero-order valence-electron chi connectivity index (χ0n) is 14.1. The summed E-state index contributed by atoms with van der Waals surface area (Å²) in [6, 6.07) is -1.18. The molecule has 0 aromatic rings. The predicted molar refractivity (Wildman–Crippen MR) is 87.5 cm³/mol. The molecule has 3 aliphatic rings. The molecule has 0 saturated carbocycles. The normalized spacial score (nSPS) is 38.3. The van der Waals surface area contributed by atoms with Crippen LogP contribution in [0, 0.1) is 5.92 Å². The van der Waals surface area contributed by atoms with Crippen molar-refractivity contribution in [3.63, 3.8) is 0 Å². The molecule has 1 fully saturated rings. The number of fused-ring (bicyclic) bond motifs is 1. The van der Waals surface area contributed by atoms with Gasteiger partial charge in [-0.05, 0) is 17.2 Å². The van der Waals surface area contributed by atoms with Gasteiger partial charge in [-0.3, -0.25) is 0 Å². The summed E-state index contributed by atoms with van der Waals surface area (Å²) in [6.07, 6.45) is -2.14. The average molecular weight is 381 g/mol. The number of azide groups is 1. The lowest BCUT2D eigenvalue weighted by atomic mass is 9.89. The second-order valence-corrected chi connectivity index (χ2v) is 6.09. The smallest absolute Gasteiger partial charge is 0.341 e. The van der Waals surface area contributed by atoms with Crippen LogP contribution in [-0.2, 0) is 23.7 Å². The first-order chi connectivity index (χ1) is 13.0. The molecular weight excluding hydrogens is 362 g/mol. The Labute approximate surface area is 153 Å². The van der Waals surface area contributed by atoms with Crippen LogP contribution in [0.1, 0.15) is 0 Å². The van der Waals surface area contributed by atoms with Crippen LogP contribution in [-0.4, -0.2) is 71.4 Å². The molecule has 0 bridgehead atoms. The van der Waals surface area contributed by atoms with Gasteiger partial charge in [0.1, 0.15) is 19.0 Å². The molecule has 0 radical (unpaired) electrons. The largest absolute Gasteiger partial charge is 0.471 e. The van der Waals surface area contributed by atoms with E-state index in [0.717, 1.165) is 0 Å². The summed E-state index contributed by atoms with van der Waals surface area (Å²) < 4.78 is 21.4. The minimum Gasteiger partial charge on any atom is -0.471 e. The number of aliphatic hydroxyl groups excluding tert-OH is 3. The minimum atomic E-state index is -1.56. The van der Waals surface area contributed by atoms with Crippen LogP contribution in [0.25, 0.3) is 10.4 Å². The van der Waals surface area contributed by atoms with Crippen LogP contribution in [0.4, 0.5) is 0 Å². The Kier molecular flexibility index (Phi) is 5.80. The number of ether oxygens (including phenoxy) is 4. The maximum Gasteiger partial charge on any atom is 0.341 e. The highest BCUT2D eigenvalue weighted by molar-refractivity contribution is 5.94. The predicted octanol–water partition coefficient (Wildman–Crippen LogP) is -0.354. The van der Waals surface area contributed by atoms with Gasteiger partial charge in [-0.25, -0.2) is 4.79 Å². The number of rotatable bonds is 5. The fraction of sp³-hybridized carbons (Fsp3) is 0.562. The Morgan fingerprint density at radius 2 is 2.19 bits per heavy atom. The third-order valence-electron chi connectivity index (χ3n) is 4.58. The number of aliphatic hydroxyl groups is 3. The Hall–Kier alpha value is -2.40. The third kappa shape index (κ3) is 3.56. The van der Waals surface area contributed by atoms with E-state index in [-0.39, 0.29) is 12.2 Å². The Bertz CT molecular complexity index is 714. The third-order valence-corrected chi connectivity index (χ3v) is 4.58. The molecule has 3 N–H and O–H groups in total. The Balaban J connectivity index is 1.79. The Morgan fingerprint density at radius 1 is 1.41 bits per heavy atom. The van der Waals surface area contributed by atoms with Crippen LogP contribution >= 0.6 is 0 Å². The van der Waals surface area contributed by atoms with Crippen molar-refractivity contribution in [2.45, 2.75) is 36.9 Å². The first kappa shape index (κ1) is 19.4. The number of hydrogen-bond donors (Lipinski definition) is 3. The highest BCUT2D eigenvalue weighted by Gasteiger charge is 2.47. The molecule has 146 valence electrons. The van der Waals surface area contributed by atoms with Gasteiger partial charge >= 0.3 is 5.97 Å². The molecule has 7 atom stereocenters. The molecular formula is C16H19N3O8. The van der Waals surface area contributed by atoms with E-state index in [1.165, 1.54) is 12.3 Å². The number of carbonyl (C=O) groups excluding carboxylic acids is 1. The number of esters is 1. The van der Waals surface area contributed by atoms with Gasteiger partial charge in [0.25, 0.3) is 0 Å². The number of carbonyl (C=O) groups is 1. The highest BCUT2D eigenvalue weighted by Crippen LogP contribution is 2.36. The van der Waals surface area contributed by atoms with Gasteiger partial charge < -0.3 is 34.3 Å². The van der Waals surface area contributed by atoms with E-state index in [0.29, 0.717) is 5.57 Å². The molecule has 3 heterocycles. The van der Waals surface area contributed by atoms with E-state index in [2.05, 4.69) is 16.6 Å². The van der Waals surface area contributed by atoms with Crippen LogP contribution in [0.5, 0.6) is 0 Å². The molecule has 3 rings (SSSR count). The average Bonchev–Trinajstić information content (AvgIpc) is 2.67. The summed E-state index contributed by atoms with van der Waals surface area (Å²) in [6.45, 7) is 3.25. The van der Waals surface area contributed by atoms with Crippen molar-refractivity contribution in [2.75, 3.05) is 13.2 Å². The molecule has 0 aromatic heterocycles. The first-order valence-electron chi connectivity index (χ1n) is 8.19. The van der Waals surface area contributed by atoms with Gasteiger partial charge in [-0.2, -0.15) is 0 Å². The quantitative estimate of drug-likeness (QED) is 0.191. The van der Waals surface area contributed by atoms with E-state index < -0.39 is 55.4 Å². The number of nitrogens with zero attached hydrogens (tertiary/aromatic N) is 3. The lowest BCUT2D eigenvalue weighted by Gasteiger charge is -2.42. The zero-order valence-corrected chi connectivity index (χ0v) is 14.1. The van der Waals surface area contributed by atoms with Crippen molar-refractivity contribution in [2.24, 2.45) is 11.0 Å². The standard InChI is InChI=1S/C16H19N3O8/c1-2-7-8-3-4-24-14(23)9(8)6-25-15(7)27-16-13(22)12(21)11(18-19-17)10(5-20)26-16/h2-3,6-7,10-13,15-16,20-22H,1,4-5H2/t7-,10-,11?,12+,13-,15+,16+/m1/s1. The molecule has 1 saturated heterocycles. The van der Waals surface area contributed by atoms with Gasteiger partial charge in [0.05, 0.1) is 36.3 Å². The zero-order chi connectivity index (χ0) is 19.6. The van der Waals surface area contributed by atoms with Crippen LogP contribution in [0.3, 0.4) is 0 Å². The highest BCUT2D eigenvalue weighted by atomic mass is 16.8. The maximum absolute atomic E-state index is 11.8. The molecule has 3 aliphatic heterocycles. The molecule has 11 heteroatoms. The first-order valence-corrected chi connectivity index (χ1v) is 8.19. The lowest BCUT2D eigenvalue weighted by molar-refractivity contribution is -0.319. The van der Waals surface area contributed by atoms with Crippen molar-refractivity contribution in [3.05, 3.63) is 46.6 Å². The van der Waals surface area contributed by atoms with Crippen LogP contribution in [0.2, 0.25) is 0 Å². The molecule has 1 unspecified atom stereocenters. The molecule has 0 amide bonds. The summed E-state index contributed by atoms with van der Waals surface area (Å²) in [7, 11) is 0. The van der Waals surface area contributed by atoms with Crippen molar-refractivity contribution in [1.82, 2.24) is 0 Å². The Morgan fingerprint density at radius 3 is 2.85 bits per heavy atom. The van der Waals surface area contributed by atoms with Gasteiger partial charge in [0.15, 0.2) is 6.29 Å². The van der Waals surface area contributed by atoms with Crippen molar-refractivity contribution < 1.29 is 39.1 Å². The van der Waals surface area contributed by atoms with Gasteiger partial charge in [-0.15, -0.1) is 6.58 Å². The molecule has 0 aliphatic carbocycles. The van der Waals surface area contributed by atoms with Crippen molar-refractivity contribution >= 4 is 5.97 Å². The van der Waals surface area contributed by atoms with Crippen molar-refractivity contribution in [3.8, 4) is 0 Å². The lowest BCUT2D eigenvalue weighted by Crippen LogP contribution is -2.59. The van der Waals surface area contributed by atoms with E-state index in [9.17, 15) is 20.1 Å². The summed E-state index contributed by atoms with van der Waals surface area (Å²) in [4.78, 5) is 14.4. The number of hydrogen-bond acceptors (Lipinski definition) is 9. The topological polar surface area (TPSA) is 163 Å². The fourth-order valence-electron chi connectivity index (χ4n) is 3.18. The summed E-state index contributed by atoms with van der Waals surface area (Å²) in [5.41, 5.74) is 9.43.